The zero-order chi connectivity index (χ0) is 15.0. The molecule has 0 saturated heterocycles. The van der Waals surface area contributed by atoms with E-state index in [1.165, 1.54) is 29.3 Å². The summed E-state index contributed by atoms with van der Waals surface area (Å²) >= 11 is 5.98. The first kappa shape index (κ1) is 13.9. The molecule has 3 N–H and O–H groups in total. The molecule has 0 heterocycles. The van der Waals surface area contributed by atoms with E-state index in [4.69, 9.17) is 17.3 Å². The number of anilines is 1. The van der Waals surface area contributed by atoms with Gasteiger partial charge in [0.25, 0.3) is 0 Å². The van der Waals surface area contributed by atoms with Gasteiger partial charge in [-0.1, -0.05) is 17.7 Å². The molecule has 21 heavy (non-hydrogen) atoms. The number of primary amides is 1. The van der Waals surface area contributed by atoms with Crippen LogP contribution in [-0.4, -0.2) is 11.9 Å². The van der Waals surface area contributed by atoms with Gasteiger partial charge in [0.1, 0.15) is 5.82 Å². The van der Waals surface area contributed by atoms with Gasteiger partial charge in [0.05, 0.1) is 5.69 Å². The number of carbonyl (C=O) groups excluding carboxylic acids is 1. The fourth-order valence-electron chi connectivity index (χ4n) is 2.70. The average Bonchev–Trinajstić information content (AvgIpc) is 2.82. The summed E-state index contributed by atoms with van der Waals surface area (Å²) in [6.07, 6.45) is 1.57. The van der Waals surface area contributed by atoms with Gasteiger partial charge >= 0.3 is 0 Å². The van der Waals surface area contributed by atoms with E-state index < -0.39 is 11.7 Å². The number of carbonyl (C=O) groups is 1. The highest BCUT2D eigenvalue weighted by atomic mass is 35.5. The van der Waals surface area contributed by atoms with E-state index in [2.05, 4.69) is 5.32 Å². The minimum Gasteiger partial charge on any atom is -0.379 e. The number of fused-ring (bicyclic) bond motifs is 1. The van der Waals surface area contributed by atoms with Crippen LogP contribution in [0.3, 0.4) is 0 Å². The summed E-state index contributed by atoms with van der Waals surface area (Å²) in [5.41, 5.74) is 8.20. The van der Waals surface area contributed by atoms with E-state index in [-0.39, 0.29) is 11.6 Å². The van der Waals surface area contributed by atoms with Crippen LogP contribution in [0, 0.1) is 5.82 Å². The number of halogens is 2. The first-order chi connectivity index (χ1) is 10.0. The molecule has 1 atom stereocenters. The molecule has 1 unspecified atom stereocenters. The Kier molecular flexibility index (Phi) is 3.55. The predicted octanol–water partition coefficient (Wildman–Crippen LogP) is 3.16. The molecule has 0 aliphatic heterocycles. The van der Waals surface area contributed by atoms with Crippen LogP contribution in [0.4, 0.5) is 10.1 Å². The minimum absolute atomic E-state index is 0.0797. The summed E-state index contributed by atoms with van der Waals surface area (Å²) in [6, 6.07) is 9.96. The molecular weight excluding hydrogens is 291 g/mol. The zero-order valence-electron chi connectivity index (χ0n) is 11.2. The normalized spacial score (nSPS) is 16.6. The lowest BCUT2D eigenvalue weighted by atomic mass is 10.1. The van der Waals surface area contributed by atoms with E-state index in [9.17, 15) is 9.18 Å². The first-order valence-corrected chi connectivity index (χ1v) is 7.04. The van der Waals surface area contributed by atoms with Crippen LogP contribution in [0.1, 0.15) is 21.5 Å². The maximum absolute atomic E-state index is 13.8. The summed E-state index contributed by atoms with van der Waals surface area (Å²) in [5.74, 6) is -0.964. The third-order valence-corrected chi connectivity index (χ3v) is 3.95. The molecule has 2 aromatic rings. The van der Waals surface area contributed by atoms with Crippen molar-refractivity contribution in [3.8, 4) is 0 Å². The van der Waals surface area contributed by atoms with Gasteiger partial charge in [-0.3, -0.25) is 4.79 Å². The van der Waals surface area contributed by atoms with Crippen molar-refractivity contribution in [1.29, 1.82) is 0 Å². The van der Waals surface area contributed by atoms with Crippen LogP contribution >= 0.6 is 11.6 Å². The Hall–Kier alpha value is -2.07. The minimum atomic E-state index is -0.570. The number of nitrogens with one attached hydrogen (secondary N) is 1. The van der Waals surface area contributed by atoms with Crippen molar-refractivity contribution >= 4 is 23.2 Å². The lowest BCUT2D eigenvalue weighted by Crippen LogP contribution is -2.21. The van der Waals surface area contributed by atoms with Gasteiger partial charge < -0.3 is 11.1 Å². The van der Waals surface area contributed by atoms with Gasteiger partial charge in [0, 0.05) is 16.6 Å². The number of hydrogen-bond donors (Lipinski definition) is 2. The highest BCUT2D eigenvalue weighted by molar-refractivity contribution is 6.30. The molecule has 0 fully saturated rings. The van der Waals surface area contributed by atoms with Crippen molar-refractivity contribution in [3.05, 3.63) is 63.9 Å². The van der Waals surface area contributed by atoms with Crippen LogP contribution in [0.5, 0.6) is 0 Å². The third kappa shape index (κ3) is 2.85. The summed E-state index contributed by atoms with van der Waals surface area (Å²) in [4.78, 5) is 11.2. The molecule has 3 rings (SSSR count). The van der Waals surface area contributed by atoms with E-state index in [0.717, 1.165) is 12.8 Å². The standard InChI is InChI=1S/C16H14ClFN2O/c17-12-3-1-9-6-13(7-11(9)5-12)20-15-8-10(16(19)21)2-4-14(15)18/h1-5,8,13,20H,6-7H2,(H2,19,21). The molecule has 108 valence electrons. The molecule has 2 aromatic carbocycles. The SMILES string of the molecule is NC(=O)c1ccc(F)c(NC2Cc3ccc(Cl)cc3C2)c1. The van der Waals surface area contributed by atoms with Gasteiger partial charge in [0.2, 0.25) is 5.91 Å². The monoisotopic (exact) mass is 304 g/mol. The van der Waals surface area contributed by atoms with Crippen molar-refractivity contribution in [3.63, 3.8) is 0 Å². The van der Waals surface area contributed by atoms with Crippen molar-refractivity contribution in [2.45, 2.75) is 18.9 Å². The maximum Gasteiger partial charge on any atom is 0.248 e. The van der Waals surface area contributed by atoms with Gasteiger partial charge in [-0.2, -0.15) is 0 Å². The fraction of sp³-hybridized carbons (Fsp3) is 0.188. The van der Waals surface area contributed by atoms with Gasteiger partial charge in [-0.25, -0.2) is 4.39 Å². The molecule has 3 nitrogen and oxygen atoms in total. The van der Waals surface area contributed by atoms with Gasteiger partial charge in [-0.05, 0) is 54.3 Å². The highest BCUT2D eigenvalue weighted by Gasteiger charge is 2.22. The quantitative estimate of drug-likeness (QED) is 0.915. The number of nitrogens with two attached hydrogens (primary N) is 1. The van der Waals surface area contributed by atoms with Gasteiger partial charge in [0.15, 0.2) is 0 Å². The lowest BCUT2D eigenvalue weighted by Gasteiger charge is -2.15. The molecule has 0 bridgehead atoms. The van der Waals surface area contributed by atoms with Crippen molar-refractivity contribution < 1.29 is 9.18 Å². The second-order valence-electron chi connectivity index (χ2n) is 5.22. The molecule has 1 aliphatic carbocycles. The Balaban J connectivity index is 1.80. The van der Waals surface area contributed by atoms with Crippen molar-refractivity contribution in [1.82, 2.24) is 0 Å². The van der Waals surface area contributed by atoms with Crippen LogP contribution in [-0.2, 0) is 12.8 Å². The Labute approximate surface area is 126 Å². The molecule has 1 aliphatic rings. The molecule has 0 saturated carbocycles. The average molecular weight is 305 g/mol. The topological polar surface area (TPSA) is 55.1 Å². The highest BCUT2D eigenvalue weighted by Crippen LogP contribution is 2.28. The Morgan fingerprint density at radius 2 is 1.95 bits per heavy atom. The van der Waals surface area contributed by atoms with Gasteiger partial charge in [-0.15, -0.1) is 0 Å². The molecule has 5 heteroatoms. The van der Waals surface area contributed by atoms with Crippen LogP contribution in [0.2, 0.25) is 5.02 Å². The lowest BCUT2D eigenvalue weighted by molar-refractivity contribution is 0.100. The van der Waals surface area contributed by atoms with Crippen LogP contribution < -0.4 is 11.1 Å². The summed E-state index contributed by atoms with van der Waals surface area (Å²) < 4.78 is 13.8. The Morgan fingerprint density at radius 1 is 1.19 bits per heavy atom. The second-order valence-corrected chi connectivity index (χ2v) is 5.66. The molecule has 0 aromatic heterocycles. The molecule has 1 amide bonds. The zero-order valence-corrected chi connectivity index (χ0v) is 12.0. The summed E-state index contributed by atoms with van der Waals surface area (Å²) in [7, 11) is 0. The first-order valence-electron chi connectivity index (χ1n) is 6.66. The third-order valence-electron chi connectivity index (χ3n) is 3.71. The predicted molar refractivity (Wildman–Crippen MR) is 81.2 cm³/mol. The van der Waals surface area contributed by atoms with Crippen LogP contribution in [0.25, 0.3) is 0 Å². The van der Waals surface area contributed by atoms with E-state index in [1.54, 1.807) is 0 Å². The number of benzene rings is 2. The number of hydrogen-bond acceptors (Lipinski definition) is 2. The fourth-order valence-corrected chi connectivity index (χ4v) is 2.89. The van der Waals surface area contributed by atoms with E-state index in [1.807, 2.05) is 18.2 Å². The maximum atomic E-state index is 13.8. The number of amides is 1. The van der Waals surface area contributed by atoms with E-state index >= 15 is 0 Å². The van der Waals surface area contributed by atoms with Crippen molar-refractivity contribution in [2.75, 3.05) is 5.32 Å². The molecule has 0 radical (unpaired) electrons. The molecule has 0 spiro atoms. The largest absolute Gasteiger partial charge is 0.379 e. The Bertz CT molecular complexity index is 717. The van der Waals surface area contributed by atoms with Crippen LogP contribution in [0.15, 0.2) is 36.4 Å². The summed E-state index contributed by atoms with van der Waals surface area (Å²) in [5, 5.41) is 3.85. The summed E-state index contributed by atoms with van der Waals surface area (Å²) in [6.45, 7) is 0. The molecular formula is C16H14ClFN2O. The second kappa shape index (κ2) is 5.37. The number of rotatable bonds is 3. The smallest absolute Gasteiger partial charge is 0.248 e. The Morgan fingerprint density at radius 3 is 2.71 bits per heavy atom. The van der Waals surface area contributed by atoms with Crippen molar-refractivity contribution in [2.24, 2.45) is 5.73 Å². The van der Waals surface area contributed by atoms with E-state index in [0.29, 0.717) is 10.7 Å².